The molecule has 0 saturated heterocycles. The Morgan fingerprint density at radius 2 is 1.86 bits per heavy atom. The van der Waals surface area contributed by atoms with Crippen LogP contribution in [-0.2, 0) is 9.59 Å². The van der Waals surface area contributed by atoms with E-state index in [1.807, 2.05) is 6.92 Å². The minimum atomic E-state index is -2.94. The SMILES string of the molecule is CC1=NN(c2ccc(OC(F)F)cc2)C(=O)C1C(=O)N(C)c1cc(C)cc(Cl)c1. The number of aryl methyl sites for hydroxylation is 1. The van der Waals surface area contributed by atoms with E-state index in [9.17, 15) is 18.4 Å². The average Bonchev–Trinajstić information content (AvgIpc) is 2.94. The zero-order valence-corrected chi connectivity index (χ0v) is 16.7. The number of anilines is 2. The number of halogens is 3. The second kappa shape index (κ2) is 8.16. The molecule has 2 aromatic carbocycles. The lowest BCUT2D eigenvalue weighted by atomic mass is 10.0. The first-order chi connectivity index (χ1) is 13.7. The van der Waals surface area contributed by atoms with Crippen molar-refractivity contribution in [1.29, 1.82) is 0 Å². The van der Waals surface area contributed by atoms with E-state index in [0.29, 0.717) is 22.1 Å². The summed E-state index contributed by atoms with van der Waals surface area (Å²) in [5, 5.41) is 5.75. The summed E-state index contributed by atoms with van der Waals surface area (Å²) >= 11 is 6.07. The Balaban J connectivity index is 1.81. The lowest BCUT2D eigenvalue weighted by Crippen LogP contribution is -2.41. The third-order valence-corrected chi connectivity index (χ3v) is 4.65. The highest BCUT2D eigenvalue weighted by molar-refractivity contribution is 6.31. The second-order valence-electron chi connectivity index (χ2n) is 6.58. The zero-order chi connectivity index (χ0) is 21.3. The number of alkyl halides is 2. The van der Waals surface area contributed by atoms with Gasteiger partial charge in [-0.3, -0.25) is 9.59 Å². The average molecular weight is 422 g/mol. The molecular formula is C20H18ClF2N3O3. The van der Waals surface area contributed by atoms with Gasteiger partial charge in [0.15, 0.2) is 5.92 Å². The Morgan fingerprint density at radius 3 is 2.45 bits per heavy atom. The fourth-order valence-electron chi connectivity index (χ4n) is 3.04. The molecule has 0 spiro atoms. The van der Waals surface area contributed by atoms with Crippen LogP contribution in [0.3, 0.4) is 0 Å². The number of hydrogen-bond acceptors (Lipinski definition) is 4. The number of carbonyl (C=O) groups is 2. The molecule has 1 aliphatic rings. The highest BCUT2D eigenvalue weighted by Crippen LogP contribution is 2.29. The molecule has 0 N–H and O–H groups in total. The first kappa shape index (κ1) is 20.7. The van der Waals surface area contributed by atoms with Gasteiger partial charge in [-0.2, -0.15) is 18.9 Å². The summed E-state index contributed by atoms with van der Waals surface area (Å²) in [5.41, 5.74) is 2.11. The number of amides is 2. The summed E-state index contributed by atoms with van der Waals surface area (Å²) < 4.78 is 28.9. The van der Waals surface area contributed by atoms with Crippen molar-refractivity contribution in [2.75, 3.05) is 17.0 Å². The van der Waals surface area contributed by atoms with Crippen LogP contribution in [0.4, 0.5) is 20.2 Å². The van der Waals surface area contributed by atoms with E-state index >= 15 is 0 Å². The molecule has 0 bridgehead atoms. The van der Waals surface area contributed by atoms with E-state index in [2.05, 4.69) is 9.84 Å². The molecular weight excluding hydrogens is 404 g/mol. The Kier molecular flexibility index (Phi) is 5.83. The molecule has 0 saturated carbocycles. The van der Waals surface area contributed by atoms with Crippen molar-refractivity contribution in [3.8, 4) is 5.75 Å². The Labute approximate surface area is 171 Å². The molecule has 2 amide bonds. The van der Waals surface area contributed by atoms with E-state index in [-0.39, 0.29) is 5.75 Å². The van der Waals surface area contributed by atoms with E-state index in [4.69, 9.17) is 11.6 Å². The number of nitrogens with zero attached hydrogens (tertiary/aromatic N) is 3. The molecule has 3 rings (SSSR count). The normalized spacial score (nSPS) is 16.2. The van der Waals surface area contributed by atoms with Crippen LogP contribution in [0.5, 0.6) is 5.75 Å². The maximum absolute atomic E-state index is 13.0. The van der Waals surface area contributed by atoms with Crippen molar-refractivity contribution in [3.63, 3.8) is 0 Å². The molecule has 1 heterocycles. The lowest BCUT2D eigenvalue weighted by Gasteiger charge is -2.22. The van der Waals surface area contributed by atoms with Crippen molar-refractivity contribution in [3.05, 3.63) is 53.1 Å². The number of benzene rings is 2. The fourth-order valence-corrected chi connectivity index (χ4v) is 3.32. The molecule has 1 unspecified atom stereocenters. The third-order valence-electron chi connectivity index (χ3n) is 4.43. The summed E-state index contributed by atoms with van der Waals surface area (Å²) in [4.78, 5) is 27.2. The summed E-state index contributed by atoms with van der Waals surface area (Å²) in [6.45, 7) is 0.498. The molecule has 6 nitrogen and oxygen atoms in total. The highest BCUT2D eigenvalue weighted by Gasteiger charge is 2.41. The van der Waals surface area contributed by atoms with Gasteiger partial charge in [0.05, 0.1) is 11.4 Å². The molecule has 0 aliphatic carbocycles. The van der Waals surface area contributed by atoms with E-state index in [1.54, 1.807) is 32.2 Å². The minimum absolute atomic E-state index is 0.0419. The summed E-state index contributed by atoms with van der Waals surface area (Å²) in [6, 6.07) is 10.6. The summed E-state index contributed by atoms with van der Waals surface area (Å²) in [5.74, 6) is -2.10. The maximum Gasteiger partial charge on any atom is 0.387 e. The van der Waals surface area contributed by atoms with Gasteiger partial charge in [0.1, 0.15) is 5.75 Å². The fraction of sp³-hybridized carbons (Fsp3) is 0.250. The van der Waals surface area contributed by atoms with E-state index in [1.165, 1.54) is 29.2 Å². The van der Waals surface area contributed by atoms with Crippen molar-refractivity contribution >= 4 is 40.5 Å². The quantitative estimate of drug-likeness (QED) is 0.678. The van der Waals surface area contributed by atoms with Crippen LogP contribution in [-0.4, -0.2) is 31.2 Å². The van der Waals surface area contributed by atoms with Crippen LogP contribution in [0.1, 0.15) is 12.5 Å². The predicted octanol–water partition coefficient (Wildman–Crippen LogP) is 4.25. The van der Waals surface area contributed by atoms with Gasteiger partial charge >= 0.3 is 6.61 Å². The number of rotatable bonds is 5. The number of hydrazone groups is 1. The van der Waals surface area contributed by atoms with Crippen LogP contribution in [0.25, 0.3) is 0 Å². The van der Waals surface area contributed by atoms with Gasteiger partial charge in [-0.1, -0.05) is 11.6 Å². The third kappa shape index (κ3) is 4.37. The first-order valence-electron chi connectivity index (χ1n) is 8.66. The molecule has 0 radical (unpaired) electrons. The van der Waals surface area contributed by atoms with Gasteiger partial charge in [-0.15, -0.1) is 0 Å². The minimum Gasteiger partial charge on any atom is -0.435 e. The second-order valence-corrected chi connectivity index (χ2v) is 7.02. The van der Waals surface area contributed by atoms with Gasteiger partial charge in [0, 0.05) is 17.8 Å². The Hall–Kier alpha value is -3.00. The van der Waals surface area contributed by atoms with Gasteiger partial charge < -0.3 is 9.64 Å². The molecule has 1 atom stereocenters. The standard InChI is InChI=1S/C20H18ClF2N3O3/c1-11-8-13(21)10-15(9-11)25(3)18(27)17-12(2)24-26(19(17)28)14-4-6-16(7-5-14)29-20(22)23/h4-10,17,20H,1-3H3. The summed E-state index contributed by atoms with van der Waals surface area (Å²) in [7, 11) is 1.56. The number of ether oxygens (including phenoxy) is 1. The predicted molar refractivity (Wildman–Crippen MR) is 107 cm³/mol. The molecule has 29 heavy (non-hydrogen) atoms. The largest absolute Gasteiger partial charge is 0.435 e. The van der Waals surface area contributed by atoms with Crippen LogP contribution in [0, 0.1) is 12.8 Å². The number of hydrogen-bond donors (Lipinski definition) is 0. The highest BCUT2D eigenvalue weighted by atomic mass is 35.5. The first-order valence-corrected chi connectivity index (χ1v) is 9.04. The zero-order valence-electron chi connectivity index (χ0n) is 15.9. The topological polar surface area (TPSA) is 62.2 Å². The molecule has 152 valence electrons. The molecule has 0 aromatic heterocycles. The lowest BCUT2D eigenvalue weighted by molar-refractivity contribution is -0.128. The van der Waals surface area contributed by atoms with E-state index in [0.717, 1.165) is 10.6 Å². The van der Waals surface area contributed by atoms with Gasteiger partial charge in [-0.25, -0.2) is 0 Å². The monoisotopic (exact) mass is 421 g/mol. The molecule has 2 aromatic rings. The van der Waals surface area contributed by atoms with Crippen LogP contribution < -0.4 is 14.6 Å². The smallest absolute Gasteiger partial charge is 0.387 e. The van der Waals surface area contributed by atoms with Crippen molar-refractivity contribution in [2.45, 2.75) is 20.5 Å². The van der Waals surface area contributed by atoms with E-state index < -0.39 is 24.3 Å². The van der Waals surface area contributed by atoms with Crippen molar-refractivity contribution < 1.29 is 23.1 Å². The van der Waals surface area contributed by atoms with Crippen molar-refractivity contribution in [2.24, 2.45) is 11.0 Å². The van der Waals surface area contributed by atoms with Gasteiger partial charge in [0.25, 0.3) is 5.91 Å². The number of carbonyl (C=O) groups excluding carboxylic acids is 2. The Bertz CT molecular complexity index is 959. The van der Waals surface area contributed by atoms with Gasteiger partial charge in [0.2, 0.25) is 5.91 Å². The maximum atomic E-state index is 13.0. The van der Waals surface area contributed by atoms with Crippen molar-refractivity contribution in [1.82, 2.24) is 0 Å². The summed E-state index contributed by atoms with van der Waals surface area (Å²) in [6.07, 6.45) is 0. The Morgan fingerprint density at radius 1 is 1.21 bits per heavy atom. The molecule has 0 fully saturated rings. The van der Waals surface area contributed by atoms with Gasteiger partial charge in [-0.05, 0) is 61.9 Å². The van der Waals surface area contributed by atoms with Crippen LogP contribution >= 0.6 is 11.6 Å². The van der Waals surface area contributed by atoms with Crippen LogP contribution in [0.2, 0.25) is 5.02 Å². The van der Waals surface area contributed by atoms with Crippen LogP contribution in [0.15, 0.2) is 47.6 Å². The molecule has 9 heteroatoms. The molecule has 1 aliphatic heterocycles.